The number of hydrogen-bond acceptors (Lipinski definition) is 5. The van der Waals surface area contributed by atoms with Crippen LogP contribution in [0.5, 0.6) is 0 Å². The van der Waals surface area contributed by atoms with Crippen LogP contribution in [0.25, 0.3) is 28.0 Å². The van der Waals surface area contributed by atoms with E-state index in [1.165, 1.54) is 0 Å². The van der Waals surface area contributed by atoms with E-state index in [9.17, 15) is 9.32 Å². The molecule has 0 aliphatic heterocycles. The van der Waals surface area contributed by atoms with Gasteiger partial charge in [0.25, 0.3) is 0 Å². The molecule has 1 aromatic carbocycles. The quantitative estimate of drug-likeness (QED) is 0.368. The number of pyridine rings is 2. The highest BCUT2D eigenvalue weighted by Gasteiger charge is 2.24. The fourth-order valence-electron chi connectivity index (χ4n) is 3.97. The number of rotatable bonds is 8. The van der Waals surface area contributed by atoms with Crippen molar-refractivity contribution in [2.24, 2.45) is 0 Å². The molecule has 6 nitrogen and oxygen atoms in total. The van der Waals surface area contributed by atoms with Gasteiger partial charge in [0.15, 0.2) is 5.82 Å². The van der Waals surface area contributed by atoms with Crippen molar-refractivity contribution < 1.29 is 9.32 Å². The molecule has 0 fully saturated rings. The second-order valence-corrected chi connectivity index (χ2v) is 11.8. The Hall–Kier alpha value is -2.90. The van der Waals surface area contributed by atoms with Crippen molar-refractivity contribution in [2.45, 2.75) is 57.8 Å². The van der Waals surface area contributed by atoms with E-state index in [0.717, 1.165) is 40.7 Å². The number of aliphatic hydroxyl groups excluding tert-OH is 1. The zero-order valence-electron chi connectivity index (χ0n) is 20.2. The van der Waals surface area contributed by atoms with Crippen molar-refractivity contribution in [2.75, 3.05) is 5.75 Å². The van der Waals surface area contributed by atoms with Gasteiger partial charge in [-0.15, -0.1) is 0 Å². The summed E-state index contributed by atoms with van der Waals surface area (Å²) in [5.41, 5.74) is 4.38. The molecule has 178 valence electrons. The highest BCUT2D eigenvalue weighted by molar-refractivity contribution is 7.86. The second kappa shape index (κ2) is 10.2. The molecule has 4 rings (SSSR count). The lowest BCUT2D eigenvalue weighted by atomic mass is 10.00. The Morgan fingerprint density at radius 3 is 2.59 bits per heavy atom. The molecule has 0 unspecified atom stereocenters. The topological polar surface area (TPSA) is 80.9 Å². The van der Waals surface area contributed by atoms with Gasteiger partial charge >= 0.3 is 0 Å². The molecule has 0 saturated heterocycles. The third-order valence-corrected chi connectivity index (χ3v) is 7.97. The molecule has 3 heterocycles. The van der Waals surface area contributed by atoms with Gasteiger partial charge in [-0.3, -0.25) is 9.19 Å². The van der Waals surface area contributed by atoms with E-state index < -0.39 is 10.8 Å². The van der Waals surface area contributed by atoms with Crippen LogP contribution in [-0.2, 0) is 17.4 Å². The van der Waals surface area contributed by atoms with Crippen LogP contribution in [0.2, 0.25) is 0 Å². The normalized spacial score (nSPS) is 13.8. The minimum Gasteiger partial charge on any atom is -0.390 e. The molecule has 0 aliphatic rings. The van der Waals surface area contributed by atoms with E-state index in [2.05, 4.69) is 35.2 Å². The first-order chi connectivity index (χ1) is 16.3. The summed E-state index contributed by atoms with van der Waals surface area (Å²) in [6.07, 6.45) is 3.79. The molecule has 4 aromatic rings. The number of fused-ring (bicyclic) bond motifs is 1. The second-order valence-electron chi connectivity index (χ2n) is 9.53. The van der Waals surface area contributed by atoms with Crippen molar-refractivity contribution >= 4 is 21.7 Å². The van der Waals surface area contributed by atoms with Crippen LogP contribution in [-0.4, -0.2) is 39.6 Å². The molecule has 0 amide bonds. The predicted molar refractivity (Wildman–Crippen MR) is 138 cm³/mol. The highest BCUT2D eigenvalue weighted by Crippen LogP contribution is 2.29. The van der Waals surface area contributed by atoms with Crippen molar-refractivity contribution in [3.05, 3.63) is 72.2 Å². The Balaban J connectivity index is 1.70. The van der Waals surface area contributed by atoms with Gasteiger partial charge in [0, 0.05) is 43.9 Å². The van der Waals surface area contributed by atoms with E-state index in [1.807, 2.05) is 57.3 Å². The molecule has 1 N–H and O–H groups in total. The molecule has 2 atom stereocenters. The van der Waals surface area contributed by atoms with Gasteiger partial charge in [-0.05, 0) is 57.5 Å². The summed E-state index contributed by atoms with van der Waals surface area (Å²) in [4.78, 5) is 9.50. The highest BCUT2D eigenvalue weighted by atomic mass is 32.2. The number of benzene rings is 1. The molecule has 0 radical (unpaired) electrons. The van der Waals surface area contributed by atoms with Crippen LogP contribution in [0.3, 0.4) is 0 Å². The van der Waals surface area contributed by atoms with E-state index in [0.29, 0.717) is 17.3 Å². The molecule has 0 bridgehead atoms. The molecule has 7 heteroatoms. The zero-order valence-corrected chi connectivity index (χ0v) is 21.0. The maximum absolute atomic E-state index is 12.9. The fourth-order valence-corrected chi connectivity index (χ4v) is 5.17. The lowest BCUT2D eigenvalue weighted by molar-refractivity contribution is 0.276. The molecule has 3 aromatic heterocycles. The maximum Gasteiger partial charge on any atom is 0.154 e. The van der Waals surface area contributed by atoms with E-state index in [4.69, 9.17) is 4.98 Å². The van der Waals surface area contributed by atoms with E-state index >= 15 is 0 Å². The molecular weight excluding hydrogens is 444 g/mol. The lowest BCUT2D eigenvalue weighted by Gasteiger charge is -2.23. The van der Waals surface area contributed by atoms with Crippen LogP contribution in [0.4, 0.5) is 0 Å². The summed E-state index contributed by atoms with van der Waals surface area (Å²) in [5, 5.41) is 15.0. The molecule has 34 heavy (non-hydrogen) atoms. The molecule has 0 spiro atoms. The van der Waals surface area contributed by atoms with Gasteiger partial charge in [-0.1, -0.05) is 37.6 Å². The fraction of sp³-hybridized carbons (Fsp3) is 0.370. The monoisotopic (exact) mass is 476 g/mol. The Bertz CT molecular complexity index is 1310. The first-order valence-electron chi connectivity index (χ1n) is 11.7. The van der Waals surface area contributed by atoms with Crippen LogP contribution in [0.15, 0.2) is 60.8 Å². The summed E-state index contributed by atoms with van der Waals surface area (Å²) in [5.74, 6) is 1.43. The molecule has 0 aliphatic carbocycles. The summed E-state index contributed by atoms with van der Waals surface area (Å²) in [6, 6.07) is 17.8. The van der Waals surface area contributed by atoms with E-state index in [-0.39, 0.29) is 17.3 Å². The van der Waals surface area contributed by atoms with Gasteiger partial charge < -0.3 is 5.11 Å². The summed E-state index contributed by atoms with van der Waals surface area (Å²) < 4.78 is 14.4. The van der Waals surface area contributed by atoms with Crippen molar-refractivity contribution in [1.82, 2.24) is 19.7 Å². The Morgan fingerprint density at radius 1 is 1.06 bits per heavy atom. The Morgan fingerprint density at radius 2 is 1.85 bits per heavy atom. The largest absolute Gasteiger partial charge is 0.390 e. The average Bonchev–Trinajstić information content (AvgIpc) is 3.26. The average molecular weight is 477 g/mol. The summed E-state index contributed by atoms with van der Waals surface area (Å²) >= 11 is 0. The van der Waals surface area contributed by atoms with Gasteiger partial charge in [0.1, 0.15) is 0 Å². The minimum absolute atomic E-state index is 0.117. The van der Waals surface area contributed by atoms with Crippen molar-refractivity contribution in [3.8, 4) is 17.1 Å². The number of aliphatic hydroxyl groups is 1. The Kier molecular flexibility index (Phi) is 7.24. The number of aromatic nitrogens is 4. The van der Waals surface area contributed by atoms with Crippen molar-refractivity contribution in [3.63, 3.8) is 0 Å². The van der Waals surface area contributed by atoms with Crippen molar-refractivity contribution in [1.29, 1.82) is 0 Å². The molecule has 0 saturated carbocycles. The predicted octanol–water partition coefficient (Wildman–Crippen LogP) is 5.41. The maximum atomic E-state index is 12.9. The Labute approximate surface area is 203 Å². The zero-order chi connectivity index (χ0) is 24.3. The number of hydrogen-bond donors (Lipinski definition) is 1. The first kappa shape index (κ1) is 24.2. The van der Waals surface area contributed by atoms with Gasteiger partial charge in [-0.2, -0.15) is 5.10 Å². The van der Waals surface area contributed by atoms with Gasteiger partial charge in [0.05, 0.1) is 29.7 Å². The van der Waals surface area contributed by atoms with Crippen LogP contribution >= 0.6 is 0 Å². The van der Waals surface area contributed by atoms with Gasteiger partial charge in [-0.25, -0.2) is 9.67 Å². The summed E-state index contributed by atoms with van der Waals surface area (Å²) in [6.45, 7) is 8.12. The van der Waals surface area contributed by atoms with Crippen LogP contribution < -0.4 is 0 Å². The molecular formula is C27H32N4O2S. The van der Waals surface area contributed by atoms with E-state index in [1.54, 1.807) is 10.7 Å². The number of nitrogens with zero attached hydrogens (tertiary/aromatic N) is 4. The first-order valence-corrected chi connectivity index (χ1v) is 13.0. The summed E-state index contributed by atoms with van der Waals surface area (Å²) in [7, 11) is -0.937. The standard InChI is InChI=1S/C27H32N4O2S/c1-5-8-21(18-34(33)27(2,3)4)24-11-7-10-23(30-24)19-13-14-20-16-28-31(25(20)15-19)26-12-6-9-22(17-32)29-26/h6-7,9-16,21,32H,5,8,17-18H2,1-4H3/t21-,34-/m1/s1. The smallest absolute Gasteiger partial charge is 0.154 e. The van der Waals surface area contributed by atoms with Gasteiger partial charge in [0.2, 0.25) is 0 Å². The van der Waals surface area contributed by atoms with Crippen LogP contribution in [0, 0.1) is 0 Å². The lowest BCUT2D eigenvalue weighted by Crippen LogP contribution is -2.27. The minimum atomic E-state index is -0.937. The third kappa shape index (κ3) is 5.26. The SMILES string of the molecule is CCC[C@H](C[S@@](=O)C(C)(C)C)c1cccc(-c2ccc3cnn(-c4cccc(CO)n4)c3c2)n1. The third-order valence-electron chi connectivity index (χ3n) is 5.90. The van der Waals surface area contributed by atoms with Crippen LogP contribution in [0.1, 0.15) is 57.8 Å².